The summed E-state index contributed by atoms with van der Waals surface area (Å²) < 4.78 is 27.2. The van der Waals surface area contributed by atoms with Crippen molar-refractivity contribution in [2.45, 2.75) is 4.90 Å². The van der Waals surface area contributed by atoms with E-state index < -0.39 is 21.8 Å². The number of pyridine rings is 1. The first-order valence-electron chi connectivity index (χ1n) is 8.42. The molecule has 0 atom stereocenters. The second-order valence-electron chi connectivity index (χ2n) is 5.99. The van der Waals surface area contributed by atoms with Crippen molar-refractivity contribution < 1.29 is 28.4 Å². The third kappa shape index (κ3) is 4.43. The molecule has 30 heavy (non-hydrogen) atoms. The summed E-state index contributed by atoms with van der Waals surface area (Å²) in [7, 11) is -3.98. The highest BCUT2D eigenvalue weighted by atomic mass is 32.2. The van der Waals surface area contributed by atoms with Gasteiger partial charge in [-0.1, -0.05) is 12.1 Å². The maximum Gasteiger partial charge on any atom is 0.269 e. The lowest BCUT2D eigenvalue weighted by molar-refractivity contribution is -0.124. The van der Waals surface area contributed by atoms with Crippen LogP contribution < -0.4 is 11.0 Å². The van der Waals surface area contributed by atoms with E-state index >= 15 is 0 Å². The summed E-state index contributed by atoms with van der Waals surface area (Å²) in [5.74, 6) is -1.45. The zero-order valence-corrected chi connectivity index (χ0v) is 16.1. The number of hydrogen-bond acceptors (Lipinski definition) is 7. The minimum absolute atomic E-state index is 0.0167. The van der Waals surface area contributed by atoms with Crippen LogP contribution in [0.5, 0.6) is 0 Å². The number of carbonyl (C=O) groups excluding carboxylic acids is 2. The van der Waals surface area contributed by atoms with Crippen LogP contribution in [0.2, 0.25) is 0 Å². The van der Waals surface area contributed by atoms with Gasteiger partial charge in [-0.05, 0) is 47.5 Å². The van der Waals surface area contributed by atoms with Crippen LogP contribution in [0, 0.1) is 0 Å². The third-order valence-corrected chi connectivity index (χ3v) is 5.67. The van der Waals surface area contributed by atoms with Crippen molar-refractivity contribution >= 4 is 45.0 Å². The van der Waals surface area contributed by atoms with Gasteiger partial charge in [0.25, 0.3) is 21.8 Å². The zero-order chi connectivity index (χ0) is 21.7. The normalized spacial score (nSPS) is 11.9. The Kier molecular flexibility index (Phi) is 6.06. The van der Waals surface area contributed by atoms with Gasteiger partial charge >= 0.3 is 0 Å². The largest absolute Gasteiger partial charge is 0.288 e. The summed E-state index contributed by atoms with van der Waals surface area (Å²) >= 11 is 0. The van der Waals surface area contributed by atoms with E-state index in [9.17, 15) is 18.0 Å². The van der Waals surface area contributed by atoms with Crippen LogP contribution in [0.4, 0.5) is 0 Å². The lowest BCUT2D eigenvalue weighted by Crippen LogP contribution is -2.15. The number of hydroxylamine groups is 2. The Labute approximate surface area is 170 Å². The van der Waals surface area contributed by atoms with Crippen molar-refractivity contribution in [3.63, 3.8) is 0 Å². The van der Waals surface area contributed by atoms with Crippen LogP contribution >= 0.6 is 0 Å². The van der Waals surface area contributed by atoms with Gasteiger partial charge in [-0.2, -0.15) is 0 Å². The fraction of sp³-hybridized carbons (Fsp3) is 0. The summed E-state index contributed by atoms with van der Waals surface area (Å²) in [5, 5.41) is 17.6. The molecule has 0 saturated heterocycles. The van der Waals surface area contributed by atoms with Gasteiger partial charge in [0, 0.05) is 29.9 Å². The van der Waals surface area contributed by atoms with E-state index in [2.05, 4.69) is 4.98 Å². The minimum Gasteiger partial charge on any atom is -0.288 e. The average molecular weight is 428 g/mol. The molecular weight excluding hydrogens is 412 g/mol. The van der Waals surface area contributed by atoms with E-state index in [1.165, 1.54) is 53.7 Å². The predicted molar refractivity (Wildman–Crippen MR) is 107 cm³/mol. The molecule has 2 aromatic heterocycles. The molecule has 0 spiro atoms. The molecule has 0 aliphatic rings. The van der Waals surface area contributed by atoms with Crippen molar-refractivity contribution in [2.24, 2.45) is 0 Å². The molecule has 11 heteroatoms. The number of benzene rings is 1. The van der Waals surface area contributed by atoms with Crippen LogP contribution in [-0.4, -0.2) is 39.6 Å². The van der Waals surface area contributed by atoms with Crippen molar-refractivity contribution in [1.82, 2.24) is 19.9 Å². The van der Waals surface area contributed by atoms with Crippen molar-refractivity contribution in [3.8, 4) is 0 Å². The van der Waals surface area contributed by atoms with E-state index in [-0.39, 0.29) is 10.5 Å². The van der Waals surface area contributed by atoms with Gasteiger partial charge in [0.15, 0.2) is 5.65 Å². The molecular formula is C19H16N4O6S. The summed E-state index contributed by atoms with van der Waals surface area (Å²) in [6, 6.07) is 9.13. The van der Waals surface area contributed by atoms with Gasteiger partial charge in [-0.15, -0.1) is 0 Å². The quantitative estimate of drug-likeness (QED) is 0.262. The average Bonchev–Trinajstić information content (AvgIpc) is 3.20. The first kappa shape index (κ1) is 20.9. The van der Waals surface area contributed by atoms with Gasteiger partial charge in [0.1, 0.15) is 0 Å². The van der Waals surface area contributed by atoms with Crippen LogP contribution in [0.3, 0.4) is 0 Å². The maximum absolute atomic E-state index is 13.1. The lowest BCUT2D eigenvalue weighted by Gasteiger charge is -2.08. The molecule has 0 aliphatic carbocycles. The fourth-order valence-corrected chi connectivity index (χ4v) is 3.98. The minimum atomic E-state index is -3.98. The summed E-state index contributed by atoms with van der Waals surface area (Å²) in [6.45, 7) is 0. The summed E-state index contributed by atoms with van der Waals surface area (Å²) in [4.78, 5) is 26.3. The Morgan fingerprint density at radius 3 is 2.30 bits per heavy atom. The molecule has 154 valence electrons. The first-order chi connectivity index (χ1) is 14.3. The molecule has 3 rings (SSSR count). The zero-order valence-electron chi connectivity index (χ0n) is 15.3. The van der Waals surface area contributed by atoms with Gasteiger partial charge in [0.05, 0.1) is 4.90 Å². The highest BCUT2D eigenvalue weighted by Crippen LogP contribution is 2.23. The van der Waals surface area contributed by atoms with Crippen LogP contribution in [0.25, 0.3) is 23.2 Å². The molecule has 4 N–H and O–H groups in total. The number of aromatic nitrogens is 2. The highest BCUT2D eigenvalue weighted by molar-refractivity contribution is 7.90. The monoisotopic (exact) mass is 428 g/mol. The molecule has 2 heterocycles. The van der Waals surface area contributed by atoms with Crippen LogP contribution in [0.1, 0.15) is 11.1 Å². The number of rotatable bonds is 6. The van der Waals surface area contributed by atoms with E-state index in [0.717, 1.165) is 16.1 Å². The number of nitrogens with zero attached hydrogens (tertiary/aromatic N) is 2. The Hall–Kier alpha value is -3.80. The number of carbonyl (C=O) groups is 2. The molecule has 0 radical (unpaired) electrons. The smallest absolute Gasteiger partial charge is 0.269 e. The standard InChI is InChI=1S/C19H16N4O6S/c24-17(21-26)6-4-13-2-1-3-16(11-13)30(28,29)23-9-8-15-10-14(12-20-19(15)23)5-7-18(25)22-27/h1-12,26-27H,(H,21,24)(H,22,25). The number of fused-ring (bicyclic) bond motifs is 1. The second kappa shape index (κ2) is 8.69. The molecule has 3 aromatic rings. The fourth-order valence-electron chi connectivity index (χ4n) is 2.61. The SMILES string of the molecule is O=C(C=Cc1cccc(S(=O)(=O)n2ccc3cc(C=CC(=O)NO)cnc32)c1)NO. The molecule has 0 aliphatic heterocycles. The third-order valence-electron chi connectivity index (χ3n) is 4.00. The first-order valence-corrected chi connectivity index (χ1v) is 9.86. The topological polar surface area (TPSA) is 151 Å². The van der Waals surface area contributed by atoms with Gasteiger partial charge < -0.3 is 0 Å². The molecule has 2 amide bonds. The van der Waals surface area contributed by atoms with Gasteiger partial charge in [-0.3, -0.25) is 20.0 Å². The Balaban J connectivity index is 1.97. The number of hydrogen-bond donors (Lipinski definition) is 4. The van der Waals surface area contributed by atoms with E-state index in [4.69, 9.17) is 10.4 Å². The molecule has 0 saturated carbocycles. The second-order valence-corrected chi connectivity index (χ2v) is 7.80. The van der Waals surface area contributed by atoms with E-state index in [1.54, 1.807) is 18.2 Å². The van der Waals surface area contributed by atoms with E-state index in [1.807, 2.05) is 0 Å². The molecule has 1 aromatic carbocycles. The Morgan fingerprint density at radius 1 is 0.967 bits per heavy atom. The number of amides is 2. The van der Waals surface area contributed by atoms with Crippen LogP contribution in [-0.2, 0) is 19.6 Å². The van der Waals surface area contributed by atoms with E-state index in [0.29, 0.717) is 16.5 Å². The molecule has 0 fully saturated rings. The molecule has 10 nitrogen and oxygen atoms in total. The Morgan fingerprint density at radius 2 is 1.63 bits per heavy atom. The Bertz CT molecular complexity index is 1280. The van der Waals surface area contributed by atoms with Gasteiger partial charge in [-0.25, -0.2) is 28.3 Å². The van der Waals surface area contributed by atoms with Crippen molar-refractivity contribution in [2.75, 3.05) is 0 Å². The predicted octanol–water partition coefficient (Wildman–Crippen LogP) is 1.31. The van der Waals surface area contributed by atoms with Crippen molar-refractivity contribution in [3.05, 3.63) is 72.1 Å². The summed E-state index contributed by atoms with van der Waals surface area (Å²) in [6.07, 6.45) is 7.70. The maximum atomic E-state index is 13.1. The highest BCUT2D eigenvalue weighted by Gasteiger charge is 2.20. The van der Waals surface area contributed by atoms with Crippen molar-refractivity contribution in [1.29, 1.82) is 0 Å². The number of nitrogens with one attached hydrogen (secondary N) is 2. The van der Waals surface area contributed by atoms with Gasteiger partial charge in [0.2, 0.25) is 0 Å². The molecule has 0 unspecified atom stereocenters. The lowest BCUT2D eigenvalue weighted by atomic mass is 10.2. The van der Waals surface area contributed by atoms with Crippen LogP contribution in [0.15, 0.2) is 65.8 Å². The molecule has 0 bridgehead atoms. The summed E-state index contributed by atoms with van der Waals surface area (Å²) in [5.41, 5.74) is 4.09.